The number of amidine groups is 1. The van der Waals surface area contributed by atoms with Crippen molar-refractivity contribution >= 4 is 140 Å². The van der Waals surface area contributed by atoms with Gasteiger partial charge < -0.3 is 51.4 Å². The first-order valence-electron chi connectivity index (χ1n) is 42.9. The zero-order valence-corrected chi connectivity index (χ0v) is 77.4. The fraction of sp³-hybridized carbons (Fsp3) is 0.208. The first-order chi connectivity index (χ1) is 66.1. The number of amides is 7. The second-order valence-corrected chi connectivity index (χ2v) is 34.8. The average Bonchev–Trinajstić information content (AvgIpc) is 1.63. The van der Waals surface area contributed by atoms with Crippen LogP contribution in [0.3, 0.4) is 0 Å². The van der Waals surface area contributed by atoms with Crippen molar-refractivity contribution < 1.29 is 62.0 Å². The van der Waals surface area contributed by atoms with Gasteiger partial charge >= 0.3 is 0 Å². The Hall–Kier alpha value is -15.1. The summed E-state index contributed by atoms with van der Waals surface area (Å²) in [6.07, 6.45) is 6.91. The molecule has 6 aliphatic rings. The maximum Gasteiger partial charge on any atom is 0.248 e. The second-order valence-electron chi connectivity index (χ2n) is 32.2. The van der Waals surface area contributed by atoms with Gasteiger partial charge in [-0.25, -0.2) is 19.9 Å². The Morgan fingerprint density at radius 3 is 1.04 bits per heavy atom. The van der Waals surface area contributed by atoms with Crippen molar-refractivity contribution in [1.82, 2.24) is 19.9 Å². The molecular weight excluding hydrogens is 1870 g/mol. The molecule has 2 unspecified atom stereocenters. The third-order valence-electron chi connectivity index (χ3n) is 23.4. The number of hydrogen-bond acceptors (Lipinski definition) is 22. The summed E-state index contributed by atoms with van der Waals surface area (Å²) in [5, 5.41) is 40.1. The number of pyridine rings is 4. The van der Waals surface area contributed by atoms with Gasteiger partial charge in [-0.15, -0.1) is 0 Å². The molecular formula is C101H81Cl6N17O13. The highest BCUT2D eigenvalue weighted by atomic mass is 35.5. The number of nitriles is 4. The lowest BCUT2D eigenvalue weighted by Crippen LogP contribution is -2.27. The van der Waals surface area contributed by atoms with Crippen LogP contribution in [0.1, 0.15) is 180 Å². The first-order valence-corrected chi connectivity index (χ1v) is 45.2. The number of benzene rings is 8. The average molecular weight is 1950 g/mol. The van der Waals surface area contributed by atoms with Crippen LogP contribution in [0.4, 0.5) is 23.3 Å². The monoisotopic (exact) mass is 1950 g/mol. The van der Waals surface area contributed by atoms with Gasteiger partial charge in [-0.3, -0.25) is 58.2 Å². The molecule has 0 radical (unpaired) electrons. The van der Waals surface area contributed by atoms with Crippen molar-refractivity contribution in [2.24, 2.45) is 27.9 Å². The van der Waals surface area contributed by atoms with Crippen molar-refractivity contribution in [2.75, 3.05) is 66.0 Å². The predicted octanol–water partition coefficient (Wildman–Crippen LogP) is 19.3. The Balaban J connectivity index is 0.000000139. The van der Waals surface area contributed by atoms with E-state index in [1.54, 1.807) is 175 Å². The van der Waals surface area contributed by atoms with Crippen LogP contribution in [0.25, 0.3) is 0 Å². The molecule has 8 aromatic carbocycles. The molecule has 137 heavy (non-hydrogen) atoms. The summed E-state index contributed by atoms with van der Waals surface area (Å²) in [5.74, 6) is 1.90. The Bertz CT molecular complexity index is 6970. The van der Waals surface area contributed by atoms with Crippen LogP contribution >= 0.6 is 69.6 Å². The van der Waals surface area contributed by atoms with E-state index in [0.717, 1.165) is 53.6 Å². The van der Waals surface area contributed by atoms with E-state index in [-0.39, 0.29) is 135 Å². The molecule has 12 aromatic rings. The molecule has 8 N–H and O–H groups in total. The number of para-hydroxylation sites is 4. The predicted molar refractivity (Wildman–Crippen MR) is 515 cm³/mol. The zero-order valence-electron chi connectivity index (χ0n) is 72.8. The van der Waals surface area contributed by atoms with E-state index in [0.29, 0.717) is 145 Å². The number of nitrogens with two attached hydrogens (primary N) is 4. The maximum atomic E-state index is 13.3. The minimum atomic E-state index is -0.604. The van der Waals surface area contributed by atoms with E-state index in [4.69, 9.17) is 126 Å². The molecule has 6 atom stereocenters. The van der Waals surface area contributed by atoms with Crippen LogP contribution < -0.4 is 61.5 Å². The van der Waals surface area contributed by atoms with E-state index < -0.39 is 17.7 Å². The lowest BCUT2D eigenvalue weighted by Gasteiger charge is -2.20. The molecule has 0 bridgehead atoms. The Kier molecular flexibility index (Phi) is 30.7. The highest BCUT2D eigenvalue weighted by Gasteiger charge is 2.41. The van der Waals surface area contributed by atoms with Gasteiger partial charge in [0.25, 0.3) is 0 Å². The second kappa shape index (κ2) is 43.5. The summed E-state index contributed by atoms with van der Waals surface area (Å²) < 4.78 is 35.9. The summed E-state index contributed by atoms with van der Waals surface area (Å²) in [6, 6.07) is 65.8. The van der Waals surface area contributed by atoms with Crippen LogP contribution in [0.2, 0.25) is 30.1 Å². The van der Waals surface area contributed by atoms with Gasteiger partial charge in [0, 0.05) is 173 Å². The number of ether oxygens (including phenoxy) is 6. The zero-order chi connectivity index (χ0) is 96.8. The van der Waals surface area contributed by atoms with Crippen LogP contribution in [0.5, 0.6) is 46.0 Å². The van der Waals surface area contributed by atoms with E-state index in [9.17, 15) is 54.6 Å². The SMILES string of the molecule is CN=C(N)c1cc(C2CCCO2)nc(N2C[C@@H](c3ccc(Cl)cc3Oc3ccccc3C#N)CC2=O)c1.N#Cc1cccc(Cl)c1Oc1cc(Cl)ccc1[C@H]1CC(=O)N(c2cc(C(N)=O)cc(C3CCCO3)n2)C1.N#Cc1cccc(Cl)c1Oc1cc(Cl)ccc1[C@H]1CC(=O)N(c2cc(C(N)=O)ccn2)C1.N#Cc1ccccc1Oc1cc(Cl)ccc1[C@H]1CC(=O)N(c2cc(C(N)=O)ccn2)C1. The molecule has 4 aromatic heterocycles. The first kappa shape index (κ1) is 96.5. The maximum absolute atomic E-state index is 13.3. The molecule has 10 heterocycles. The third kappa shape index (κ3) is 22.6. The number of halogens is 6. The molecule has 0 spiro atoms. The van der Waals surface area contributed by atoms with Crippen molar-refractivity contribution in [2.45, 2.75) is 87.2 Å². The summed E-state index contributed by atoms with van der Waals surface area (Å²) in [7, 11) is 1.63. The molecule has 36 heteroatoms. The standard InChI is InChI=1S/C28H26ClN5O3.C27H22Cl2N4O4.C23H16Cl2N4O3.C23H17ClN4O3/c1-32-28(31)18-11-22(24-7-4-10-36-24)33-26(12-18)34-16-19(13-27(34)35)21-9-8-20(29)14-25(21)37-23-6-3-2-5-17(23)15-30;28-18-6-7-19(23(12-18)37-26-15(13-30)3-1-4-20(26)29)17-11-25(34)33(14-17)24-10-16(27(31)35)9-21(32-24)22-5-2-8-36-22;24-16-4-5-17(19(10-16)32-22-14(11-26)2-1-3-18(22)25)15-9-21(30)29(12-15)20-8-13(23(27)31)6-7-28-20;24-17-5-6-18(20(11-17)31-19-4-2-1-3-15(19)12-25)16-10-22(29)28(13-16)21-9-14(23(26)30)7-8-27-21/h2-3,5-6,8-9,11-12,14,19,24H,4,7,10,13,16H2,1H3,(H2,31,32);1,3-4,6-7,9-10,12,17,22H,2,5,8,11,14H2,(H2,31,35);1-8,10,15H,9,12H2,(H2,27,31);1-9,11,16H,10,13H2,(H2,26,30)/t19-,24?;17-,22?;15-;16-/m0000/s1. The number of rotatable bonds is 22. The topological polar surface area (TPSA) is 451 Å². The fourth-order valence-corrected chi connectivity index (χ4v) is 17.7. The molecule has 0 saturated carbocycles. The highest BCUT2D eigenvalue weighted by Crippen LogP contribution is 2.48. The van der Waals surface area contributed by atoms with Crippen molar-refractivity contribution in [3.05, 3.63) is 327 Å². The number of aromatic nitrogens is 4. The summed E-state index contributed by atoms with van der Waals surface area (Å²) in [4.78, 5) is 115. The summed E-state index contributed by atoms with van der Waals surface area (Å²) in [6.45, 7) is 2.67. The Morgan fingerprint density at radius 1 is 0.380 bits per heavy atom. The molecule has 6 aliphatic heterocycles. The largest absolute Gasteiger partial charge is 0.456 e. The lowest BCUT2D eigenvalue weighted by molar-refractivity contribution is -0.118. The highest BCUT2D eigenvalue weighted by molar-refractivity contribution is 6.33. The van der Waals surface area contributed by atoms with E-state index >= 15 is 0 Å². The molecule has 0 aliphatic carbocycles. The number of carbonyl (C=O) groups is 7. The third-order valence-corrected chi connectivity index (χ3v) is 24.9. The van der Waals surface area contributed by atoms with Crippen LogP contribution in [0.15, 0.2) is 224 Å². The van der Waals surface area contributed by atoms with Gasteiger partial charge in [-0.05, 0) is 171 Å². The van der Waals surface area contributed by atoms with Gasteiger partial charge in [0.1, 0.15) is 87.9 Å². The van der Waals surface area contributed by atoms with Crippen molar-refractivity contribution in [1.29, 1.82) is 21.0 Å². The van der Waals surface area contributed by atoms with Crippen molar-refractivity contribution in [3.63, 3.8) is 0 Å². The number of nitrogens with zero attached hydrogens (tertiary/aromatic N) is 13. The van der Waals surface area contributed by atoms with Crippen LogP contribution in [0, 0.1) is 45.3 Å². The van der Waals surface area contributed by atoms with E-state index in [1.807, 2.05) is 18.2 Å². The van der Waals surface area contributed by atoms with Crippen LogP contribution in [-0.2, 0) is 28.7 Å². The normalized spacial score (nSPS) is 17.6. The number of hydrogen-bond donors (Lipinski definition) is 4. The molecule has 6 fully saturated rings. The van der Waals surface area contributed by atoms with Crippen LogP contribution in [-0.4, -0.2) is 114 Å². The number of primary amides is 3. The molecule has 690 valence electrons. The minimum Gasteiger partial charge on any atom is -0.456 e. The van der Waals surface area contributed by atoms with Gasteiger partial charge in [-0.1, -0.05) is 130 Å². The van der Waals surface area contributed by atoms with E-state index in [1.165, 1.54) is 52.5 Å². The fourth-order valence-electron chi connectivity index (χ4n) is 16.6. The van der Waals surface area contributed by atoms with E-state index in [2.05, 4.69) is 44.2 Å². The molecule has 30 nitrogen and oxygen atoms in total. The number of aliphatic imine (C=N–C) groups is 1. The lowest BCUT2D eigenvalue weighted by atomic mass is 9.97. The Morgan fingerprint density at radius 2 is 0.701 bits per heavy atom. The molecule has 6 saturated heterocycles. The van der Waals surface area contributed by atoms with Gasteiger partial charge in [0.05, 0.1) is 55.9 Å². The Labute approximate surface area is 815 Å². The van der Waals surface area contributed by atoms with Gasteiger partial charge in [0.15, 0.2) is 11.5 Å². The quantitative estimate of drug-likeness (QED) is 0.0361. The summed E-state index contributed by atoms with van der Waals surface area (Å²) in [5.41, 5.74) is 29.7. The molecule has 18 rings (SSSR count). The van der Waals surface area contributed by atoms with Crippen molar-refractivity contribution in [3.8, 4) is 70.3 Å². The minimum absolute atomic E-state index is 0.0572. The molecule has 7 amide bonds. The number of carbonyl (C=O) groups excluding carboxylic acids is 7. The summed E-state index contributed by atoms with van der Waals surface area (Å²) >= 11 is 37.5. The van der Waals surface area contributed by atoms with Gasteiger partial charge in [-0.2, -0.15) is 21.0 Å². The smallest absolute Gasteiger partial charge is 0.248 e. The number of anilines is 4. The van der Waals surface area contributed by atoms with Gasteiger partial charge in [0.2, 0.25) is 41.4 Å².